The number of carbonyl (C=O) groups is 1. The molecular weight excluding hydrogens is 464 g/mol. The first-order chi connectivity index (χ1) is 17.0. The summed E-state index contributed by atoms with van der Waals surface area (Å²) in [6, 6.07) is 15.6. The number of benzene rings is 2. The van der Waals surface area contributed by atoms with Crippen molar-refractivity contribution < 1.29 is 14.1 Å². The van der Waals surface area contributed by atoms with Crippen LogP contribution in [0.3, 0.4) is 0 Å². The first kappa shape index (κ1) is 25.2. The standard InChI is InChI=1S/C27H33ClN4O3/c1-19(2)34-22-11-5-8-20(16-22)9-6-14-29-27(33)21-10-7-15-32(17-21)18-25-30-26(31-35-25)23-12-3-4-13-24(23)28/h3-5,8,11-13,16,19,21H,6-7,9-10,14-15,17-18H2,1-2H3,(H,29,33). The van der Waals surface area contributed by atoms with Crippen LogP contribution in [0.5, 0.6) is 5.75 Å². The Kier molecular flexibility index (Phi) is 8.77. The second kappa shape index (κ2) is 12.2. The summed E-state index contributed by atoms with van der Waals surface area (Å²) in [7, 11) is 0. The highest BCUT2D eigenvalue weighted by atomic mass is 35.5. The maximum absolute atomic E-state index is 12.8. The summed E-state index contributed by atoms with van der Waals surface area (Å²) in [6.45, 7) is 6.82. The zero-order valence-corrected chi connectivity index (χ0v) is 21.1. The molecule has 8 heteroatoms. The molecule has 2 heterocycles. The maximum atomic E-state index is 12.8. The minimum Gasteiger partial charge on any atom is -0.491 e. The molecule has 0 saturated carbocycles. The quantitative estimate of drug-likeness (QED) is 0.391. The minimum atomic E-state index is -0.0301. The van der Waals surface area contributed by atoms with Crippen molar-refractivity contribution in [2.45, 2.75) is 52.2 Å². The molecule has 2 aromatic carbocycles. The van der Waals surface area contributed by atoms with E-state index >= 15 is 0 Å². The molecule has 0 radical (unpaired) electrons. The van der Waals surface area contributed by atoms with Crippen LogP contribution in [0, 0.1) is 5.92 Å². The van der Waals surface area contributed by atoms with Gasteiger partial charge in [0.1, 0.15) is 5.75 Å². The summed E-state index contributed by atoms with van der Waals surface area (Å²) in [5, 5.41) is 7.79. The number of carbonyl (C=O) groups excluding carboxylic acids is 1. The monoisotopic (exact) mass is 496 g/mol. The third-order valence-corrected chi connectivity index (χ3v) is 6.36. The van der Waals surface area contributed by atoms with Gasteiger partial charge in [0.25, 0.3) is 0 Å². The number of aryl methyl sites for hydroxylation is 1. The molecule has 1 aliphatic rings. The smallest absolute Gasteiger partial charge is 0.241 e. The SMILES string of the molecule is CC(C)Oc1cccc(CCCNC(=O)C2CCCN(Cc3nc(-c4ccccc4Cl)no3)C2)c1. The number of nitrogens with zero attached hydrogens (tertiary/aromatic N) is 3. The largest absolute Gasteiger partial charge is 0.491 e. The van der Waals surface area contributed by atoms with Gasteiger partial charge in [0, 0.05) is 18.7 Å². The molecule has 1 saturated heterocycles. The lowest BCUT2D eigenvalue weighted by Gasteiger charge is -2.30. The van der Waals surface area contributed by atoms with E-state index in [1.165, 1.54) is 5.56 Å². The normalized spacial score (nSPS) is 16.4. The van der Waals surface area contributed by atoms with Gasteiger partial charge >= 0.3 is 0 Å². The van der Waals surface area contributed by atoms with Crippen LogP contribution >= 0.6 is 11.6 Å². The van der Waals surface area contributed by atoms with Gasteiger partial charge in [0.15, 0.2) is 0 Å². The van der Waals surface area contributed by atoms with Crippen molar-refractivity contribution in [2.75, 3.05) is 19.6 Å². The lowest BCUT2D eigenvalue weighted by Crippen LogP contribution is -2.43. The number of likely N-dealkylation sites (tertiary alicyclic amines) is 1. The summed E-state index contributed by atoms with van der Waals surface area (Å²) in [4.78, 5) is 19.5. The van der Waals surface area contributed by atoms with Gasteiger partial charge in [-0.15, -0.1) is 0 Å². The summed E-state index contributed by atoms with van der Waals surface area (Å²) < 4.78 is 11.2. The zero-order chi connectivity index (χ0) is 24.6. The van der Waals surface area contributed by atoms with Crippen LogP contribution in [0.4, 0.5) is 0 Å². The first-order valence-corrected chi connectivity index (χ1v) is 12.7. The number of hydrogen-bond donors (Lipinski definition) is 1. The van der Waals surface area contributed by atoms with Crippen molar-refractivity contribution in [3.05, 3.63) is 65.0 Å². The predicted octanol–water partition coefficient (Wildman–Crippen LogP) is 5.14. The molecule has 0 spiro atoms. The Bertz CT molecular complexity index is 1120. The van der Waals surface area contributed by atoms with Gasteiger partial charge in [0.2, 0.25) is 17.6 Å². The highest BCUT2D eigenvalue weighted by Gasteiger charge is 2.26. The predicted molar refractivity (Wildman–Crippen MR) is 136 cm³/mol. The van der Waals surface area contributed by atoms with Crippen molar-refractivity contribution >= 4 is 17.5 Å². The fourth-order valence-corrected chi connectivity index (χ4v) is 4.59. The van der Waals surface area contributed by atoms with Crippen molar-refractivity contribution in [1.29, 1.82) is 0 Å². The molecule has 35 heavy (non-hydrogen) atoms. The third kappa shape index (κ3) is 7.29. The summed E-state index contributed by atoms with van der Waals surface area (Å²) in [5.41, 5.74) is 1.97. The average Bonchev–Trinajstić information content (AvgIpc) is 3.30. The third-order valence-electron chi connectivity index (χ3n) is 6.03. The lowest BCUT2D eigenvalue weighted by molar-refractivity contribution is -0.126. The number of aromatic nitrogens is 2. The second-order valence-electron chi connectivity index (χ2n) is 9.27. The van der Waals surface area contributed by atoms with Gasteiger partial charge in [-0.1, -0.05) is 41.0 Å². The molecule has 1 aliphatic heterocycles. The molecule has 3 aromatic rings. The van der Waals surface area contributed by atoms with E-state index in [0.29, 0.717) is 36.4 Å². The molecule has 186 valence electrons. The molecule has 1 aromatic heterocycles. The molecule has 1 atom stereocenters. The van der Waals surface area contributed by atoms with E-state index < -0.39 is 0 Å². The van der Waals surface area contributed by atoms with Gasteiger partial charge in [-0.3, -0.25) is 9.69 Å². The highest BCUT2D eigenvalue weighted by molar-refractivity contribution is 6.33. The van der Waals surface area contributed by atoms with Crippen molar-refractivity contribution in [3.8, 4) is 17.1 Å². The summed E-state index contributed by atoms with van der Waals surface area (Å²) in [5.74, 6) is 2.00. The number of amides is 1. The van der Waals surface area contributed by atoms with E-state index in [2.05, 4.69) is 32.5 Å². The fraction of sp³-hybridized carbons (Fsp3) is 0.444. The average molecular weight is 497 g/mol. The molecular formula is C27H33ClN4O3. The summed E-state index contributed by atoms with van der Waals surface area (Å²) >= 11 is 6.24. The fourth-order valence-electron chi connectivity index (χ4n) is 4.37. The number of piperidine rings is 1. The second-order valence-corrected chi connectivity index (χ2v) is 9.68. The van der Waals surface area contributed by atoms with Crippen LogP contribution < -0.4 is 10.1 Å². The Morgan fingerprint density at radius 2 is 2.11 bits per heavy atom. The van der Waals surface area contributed by atoms with Gasteiger partial charge < -0.3 is 14.6 Å². The molecule has 1 fully saturated rings. The number of nitrogens with one attached hydrogen (secondary N) is 1. The zero-order valence-electron chi connectivity index (χ0n) is 20.4. The van der Waals surface area contributed by atoms with E-state index in [1.807, 2.05) is 44.2 Å². The van der Waals surface area contributed by atoms with E-state index in [1.54, 1.807) is 6.07 Å². The van der Waals surface area contributed by atoms with Crippen LogP contribution in [0.2, 0.25) is 5.02 Å². The molecule has 1 N–H and O–H groups in total. The molecule has 0 bridgehead atoms. The minimum absolute atomic E-state index is 0.0301. The molecule has 4 rings (SSSR count). The Morgan fingerprint density at radius 3 is 2.94 bits per heavy atom. The Balaban J connectivity index is 1.22. The Labute approximate surface area is 211 Å². The van der Waals surface area contributed by atoms with Crippen LogP contribution in [0.25, 0.3) is 11.4 Å². The van der Waals surface area contributed by atoms with Crippen molar-refractivity contribution in [2.24, 2.45) is 5.92 Å². The van der Waals surface area contributed by atoms with E-state index in [-0.39, 0.29) is 17.9 Å². The molecule has 0 aliphatic carbocycles. The van der Waals surface area contributed by atoms with E-state index in [0.717, 1.165) is 43.5 Å². The summed E-state index contributed by atoms with van der Waals surface area (Å²) in [6.07, 6.45) is 3.80. The van der Waals surface area contributed by atoms with Crippen molar-refractivity contribution in [1.82, 2.24) is 20.4 Å². The Hall–Kier alpha value is -2.90. The lowest BCUT2D eigenvalue weighted by atomic mass is 9.97. The van der Waals surface area contributed by atoms with E-state index in [9.17, 15) is 4.79 Å². The maximum Gasteiger partial charge on any atom is 0.241 e. The van der Waals surface area contributed by atoms with Gasteiger partial charge in [-0.2, -0.15) is 4.98 Å². The molecule has 7 nitrogen and oxygen atoms in total. The first-order valence-electron chi connectivity index (χ1n) is 12.3. The van der Waals surface area contributed by atoms with Crippen molar-refractivity contribution in [3.63, 3.8) is 0 Å². The molecule has 1 unspecified atom stereocenters. The number of rotatable bonds is 10. The van der Waals surface area contributed by atoms with Crippen LogP contribution in [0.1, 0.15) is 44.6 Å². The molecule has 1 amide bonds. The van der Waals surface area contributed by atoms with Gasteiger partial charge in [-0.05, 0) is 75.9 Å². The van der Waals surface area contributed by atoms with Crippen LogP contribution in [-0.4, -0.2) is 46.7 Å². The highest BCUT2D eigenvalue weighted by Crippen LogP contribution is 2.26. The van der Waals surface area contributed by atoms with E-state index in [4.69, 9.17) is 20.9 Å². The number of hydrogen-bond acceptors (Lipinski definition) is 6. The number of ether oxygens (including phenoxy) is 1. The Morgan fingerprint density at radius 1 is 1.26 bits per heavy atom. The topological polar surface area (TPSA) is 80.5 Å². The van der Waals surface area contributed by atoms with Gasteiger partial charge in [-0.25, -0.2) is 0 Å². The van der Waals surface area contributed by atoms with Crippen LogP contribution in [0.15, 0.2) is 53.1 Å². The number of halogens is 1. The van der Waals surface area contributed by atoms with Gasteiger partial charge in [0.05, 0.1) is 23.6 Å². The van der Waals surface area contributed by atoms with Crippen LogP contribution in [-0.2, 0) is 17.8 Å².